The number of rotatable bonds is 13. The Morgan fingerprint density at radius 1 is 0.926 bits per heavy atom. The summed E-state index contributed by atoms with van der Waals surface area (Å²) < 4.78 is 43.0. The normalized spacial score (nSPS) is 21.7. The number of carbonyl (C=O) groups is 3. The van der Waals surface area contributed by atoms with E-state index in [-0.39, 0.29) is 72.3 Å². The summed E-state index contributed by atoms with van der Waals surface area (Å²) in [6.45, 7) is 4.24. The molecule has 3 aliphatic rings. The number of aromatic nitrogens is 1. The molecule has 13 nitrogen and oxygen atoms in total. The second-order valence-electron chi connectivity index (χ2n) is 14.5. The van der Waals surface area contributed by atoms with Gasteiger partial charge in [0.1, 0.15) is 0 Å². The number of benzene rings is 2. The molecule has 16 heteroatoms. The van der Waals surface area contributed by atoms with Gasteiger partial charge >= 0.3 is 5.97 Å². The number of likely N-dealkylation sites (tertiary alicyclic amines) is 1. The van der Waals surface area contributed by atoms with E-state index in [2.05, 4.69) is 10.2 Å². The van der Waals surface area contributed by atoms with Crippen molar-refractivity contribution in [1.29, 1.82) is 0 Å². The smallest absolute Gasteiger partial charge is 0.308 e. The Morgan fingerprint density at radius 3 is 2.22 bits per heavy atom. The maximum Gasteiger partial charge on any atom is 0.308 e. The minimum atomic E-state index is -3.66. The van der Waals surface area contributed by atoms with Crippen molar-refractivity contribution in [2.75, 3.05) is 65.3 Å². The highest BCUT2D eigenvalue weighted by Gasteiger charge is 2.53. The Bertz CT molecular complexity index is 1970. The number of amides is 1. The summed E-state index contributed by atoms with van der Waals surface area (Å²) in [5.74, 6) is -2.53. The van der Waals surface area contributed by atoms with Crippen molar-refractivity contribution in [3.63, 3.8) is 0 Å². The van der Waals surface area contributed by atoms with Gasteiger partial charge in [0.2, 0.25) is 5.85 Å². The molecule has 54 heavy (non-hydrogen) atoms. The van der Waals surface area contributed by atoms with Crippen molar-refractivity contribution in [2.45, 2.75) is 63.8 Å². The molecule has 2 saturated heterocycles. The van der Waals surface area contributed by atoms with Crippen LogP contribution in [0, 0.1) is 5.92 Å². The molecule has 3 heterocycles. The van der Waals surface area contributed by atoms with Crippen LogP contribution in [0.3, 0.4) is 0 Å². The fourth-order valence-corrected chi connectivity index (χ4v) is 9.52. The van der Waals surface area contributed by atoms with Gasteiger partial charge in [-0.1, -0.05) is 41.4 Å². The third-order valence-corrected chi connectivity index (χ3v) is 13.5. The summed E-state index contributed by atoms with van der Waals surface area (Å²) in [6, 6.07) is 10.8. The van der Waals surface area contributed by atoms with E-state index in [1.807, 2.05) is 40.8 Å². The van der Waals surface area contributed by atoms with Crippen LogP contribution in [-0.4, -0.2) is 121 Å². The molecular weight excluding hydrogens is 755 g/mol. The Hall–Kier alpha value is -3.08. The molecule has 3 fully saturated rings. The molecule has 3 aromatic rings. The topological polar surface area (TPSA) is 134 Å². The van der Waals surface area contributed by atoms with Crippen molar-refractivity contribution >= 4 is 67.7 Å². The summed E-state index contributed by atoms with van der Waals surface area (Å²) in [7, 11) is 1.22. The molecule has 1 amide bonds. The number of nitrogens with one attached hydrogen (secondary N) is 1. The number of nitrogens with zero attached hydrogens (tertiary/aromatic N) is 5. The molecule has 294 valence electrons. The van der Waals surface area contributed by atoms with Crippen molar-refractivity contribution in [3.8, 4) is 0 Å². The number of esters is 1. The SMILES string of the molecule is CCOC(=O)C1CCC(OC(C(=O)Cc2cc(Cl)c(NC(=O)c3cn(C)c4ccccc34)cc2Cl)(N2CCCC2)N2CCN(S(=O)(=O)N(C)C)CC2)CC1. The first-order valence-electron chi connectivity index (χ1n) is 18.6. The second-order valence-corrected chi connectivity index (χ2v) is 17.4. The van der Waals surface area contributed by atoms with Crippen molar-refractivity contribution < 1.29 is 32.3 Å². The first-order valence-corrected chi connectivity index (χ1v) is 20.8. The van der Waals surface area contributed by atoms with Crippen LogP contribution in [0.15, 0.2) is 42.6 Å². The molecule has 0 bridgehead atoms. The van der Waals surface area contributed by atoms with Crippen LogP contribution in [0.4, 0.5) is 5.69 Å². The first kappa shape index (κ1) is 40.6. The van der Waals surface area contributed by atoms with Crippen LogP contribution >= 0.6 is 23.2 Å². The number of Topliss-reactive ketones (excluding diaryl/α,β-unsaturated/α-hetero) is 1. The highest BCUT2D eigenvalue weighted by Crippen LogP contribution is 2.38. The standard InChI is InChI=1S/C38H50Cl2N6O7S/c1-5-52-37(49)26-12-14-28(15-13-26)53-38(44-16-8-9-17-44,45-18-20-46(21-19-45)54(50,51)42(2)3)35(47)23-27-22-32(40)33(24-31(27)39)41-36(48)30-25-43(4)34-11-7-6-10-29(30)34/h6-7,10-11,22,24-26,28H,5,8-9,12-21,23H2,1-4H3,(H,41,48). The number of carbonyl (C=O) groups excluding carboxylic acids is 3. The molecule has 1 aliphatic carbocycles. The summed E-state index contributed by atoms with van der Waals surface area (Å²) in [5, 5.41) is 4.18. The number of halogens is 2. The first-order chi connectivity index (χ1) is 25.8. The molecule has 1 unspecified atom stereocenters. The van der Waals surface area contributed by atoms with E-state index in [9.17, 15) is 18.0 Å². The van der Waals surface area contributed by atoms with E-state index in [0.717, 1.165) is 23.7 Å². The van der Waals surface area contributed by atoms with Crippen molar-refractivity contribution in [1.82, 2.24) is 23.0 Å². The fourth-order valence-electron chi connectivity index (χ4n) is 7.97. The van der Waals surface area contributed by atoms with Crippen molar-refractivity contribution in [3.05, 3.63) is 63.8 Å². The minimum Gasteiger partial charge on any atom is -0.466 e. The molecule has 1 N–H and O–H groups in total. The molecular formula is C38H50Cl2N6O7S. The monoisotopic (exact) mass is 804 g/mol. The zero-order valence-corrected chi connectivity index (χ0v) is 33.7. The fraction of sp³-hybridized carbons (Fsp3) is 0.553. The lowest BCUT2D eigenvalue weighted by atomic mass is 9.87. The van der Waals surface area contributed by atoms with E-state index in [4.69, 9.17) is 32.7 Å². The molecule has 0 radical (unpaired) electrons. The zero-order chi connectivity index (χ0) is 38.8. The van der Waals surface area contributed by atoms with Gasteiger partial charge in [0.25, 0.3) is 16.1 Å². The van der Waals surface area contributed by atoms with Crippen LogP contribution in [0.5, 0.6) is 0 Å². The molecule has 2 aromatic carbocycles. The molecule has 0 spiro atoms. The van der Waals surface area contributed by atoms with Crippen molar-refractivity contribution in [2.24, 2.45) is 13.0 Å². The van der Waals surface area contributed by atoms with Gasteiger partial charge in [0, 0.05) is 89.0 Å². The number of hydrogen-bond donors (Lipinski definition) is 1. The highest BCUT2D eigenvalue weighted by molar-refractivity contribution is 7.86. The van der Waals surface area contributed by atoms with Gasteiger partial charge < -0.3 is 19.4 Å². The summed E-state index contributed by atoms with van der Waals surface area (Å²) in [5.41, 5.74) is 2.19. The van der Waals surface area contributed by atoms with E-state index >= 15 is 4.79 Å². The lowest BCUT2D eigenvalue weighted by Gasteiger charge is -2.52. The third-order valence-electron chi connectivity index (χ3n) is 10.9. The quantitative estimate of drug-likeness (QED) is 0.233. The van der Waals surface area contributed by atoms with E-state index in [0.29, 0.717) is 62.2 Å². The molecule has 1 aromatic heterocycles. The number of piperazine rings is 1. The largest absolute Gasteiger partial charge is 0.466 e. The zero-order valence-electron chi connectivity index (χ0n) is 31.4. The van der Waals surface area contributed by atoms with Gasteiger partial charge in [0.05, 0.1) is 34.9 Å². The second kappa shape index (κ2) is 17.0. The van der Waals surface area contributed by atoms with Gasteiger partial charge in [-0.2, -0.15) is 17.0 Å². The molecule has 2 aliphatic heterocycles. The van der Waals surface area contributed by atoms with Gasteiger partial charge in [0.15, 0.2) is 5.78 Å². The van der Waals surface area contributed by atoms with Gasteiger partial charge in [-0.15, -0.1) is 0 Å². The predicted octanol–water partition coefficient (Wildman–Crippen LogP) is 5.16. The van der Waals surface area contributed by atoms with Gasteiger partial charge in [-0.05, 0) is 69.2 Å². The maximum absolute atomic E-state index is 15.1. The lowest BCUT2D eigenvalue weighted by molar-refractivity contribution is -0.259. The number of ketones is 1. The van der Waals surface area contributed by atoms with Crippen LogP contribution < -0.4 is 5.32 Å². The average Bonchev–Trinajstić information content (AvgIpc) is 3.82. The Kier molecular flexibility index (Phi) is 12.7. The number of fused-ring (bicyclic) bond motifs is 1. The van der Waals surface area contributed by atoms with E-state index in [1.165, 1.54) is 22.7 Å². The van der Waals surface area contributed by atoms with Crippen LogP contribution in [0.25, 0.3) is 10.9 Å². The predicted molar refractivity (Wildman–Crippen MR) is 209 cm³/mol. The van der Waals surface area contributed by atoms with Crippen LogP contribution in [0.2, 0.25) is 10.0 Å². The maximum atomic E-state index is 15.1. The number of aryl methyl sites for hydroxylation is 1. The number of hydrogen-bond acceptors (Lipinski definition) is 9. The van der Waals surface area contributed by atoms with Crippen LogP contribution in [0.1, 0.15) is 61.4 Å². The lowest BCUT2D eigenvalue weighted by Crippen LogP contribution is -2.71. The summed E-state index contributed by atoms with van der Waals surface area (Å²) >= 11 is 13.7. The Morgan fingerprint density at radius 2 is 1.57 bits per heavy atom. The molecule has 6 rings (SSSR count). The van der Waals surface area contributed by atoms with Gasteiger partial charge in [-0.25, -0.2) is 0 Å². The number of para-hydroxylation sites is 1. The Balaban J connectivity index is 1.28. The minimum absolute atomic E-state index is 0.124. The summed E-state index contributed by atoms with van der Waals surface area (Å²) in [6.07, 6.45) is 5.36. The summed E-state index contributed by atoms with van der Waals surface area (Å²) in [4.78, 5) is 45.1. The third kappa shape index (κ3) is 8.22. The average molecular weight is 806 g/mol. The van der Waals surface area contributed by atoms with E-state index < -0.39 is 16.1 Å². The molecule has 1 saturated carbocycles. The molecule has 1 atom stereocenters. The van der Waals surface area contributed by atoms with Gasteiger partial charge in [-0.3, -0.25) is 24.2 Å². The van der Waals surface area contributed by atoms with Crippen LogP contribution in [-0.2, 0) is 42.7 Å². The number of ether oxygens (including phenoxy) is 2. The van der Waals surface area contributed by atoms with E-state index in [1.54, 1.807) is 25.3 Å². The number of anilines is 1. The highest BCUT2D eigenvalue weighted by atomic mass is 35.5. The Labute approximate surface area is 327 Å².